The monoisotopic (exact) mass is 367 g/mol. The molecule has 4 heteroatoms. The van der Waals surface area contributed by atoms with E-state index >= 15 is 0 Å². The maximum Gasteiger partial charge on any atom is 0.167 e. The van der Waals surface area contributed by atoms with E-state index in [2.05, 4.69) is 36.8 Å². The van der Waals surface area contributed by atoms with Gasteiger partial charge >= 0.3 is 0 Å². The zero-order valence-corrected chi connectivity index (χ0v) is 13.0. The van der Waals surface area contributed by atoms with Crippen LogP contribution in [0.1, 0.15) is 21.5 Å². The van der Waals surface area contributed by atoms with Gasteiger partial charge < -0.3 is 0 Å². The van der Waals surface area contributed by atoms with E-state index in [0.29, 0.717) is 6.42 Å². The summed E-state index contributed by atoms with van der Waals surface area (Å²) in [6, 6.07) is 7.61. The van der Waals surface area contributed by atoms with E-state index in [0.717, 1.165) is 25.6 Å². The van der Waals surface area contributed by atoms with Crippen molar-refractivity contribution in [2.75, 3.05) is 0 Å². The van der Waals surface area contributed by atoms with E-state index in [-0.39, 0.29) is 5.78 Å². The molecule has 0 aliphatic rings. The molecule has 0 aliphatic carbocycles. The Balaban J connectivity index is 2.22. The highest BCUT2D eigenvalue weighted by Crippen LogP contribution is 2.18. The minimum absolute atomic E-state index is 0.111. The largest absolute Gasteiger partial charge is 0.294 e. The summed E-state index contributed by atoms with van der Waals surface area (Å²) in [5, 5.41) is 0. The third-order valence-electron chi connectivity index (χ3n) is 2.62. The molecule has 0 spiro atoms. The molecule has 1 aromatic heterocycles. The highest BCUT2D eigenvalue weighted by atomic mass is 79.9. The summed E-state index contributed by atoms with van der Waals surface area (Å²) >= 11 is 6.75. The Morgan fingerprint density at radius 1 is 1.17 bits per heavy atom. The number of halogens is 2. The van der Waals surface area contributed by atoms with Crippen LogP contribution in [-0.2, 0) is 6.42 Å². The highest BCUT2D eigenvalue weighted by Gasteiger charge is 2.10. The topological polar surface area (TPSA) is 30.0 Å². The van der Waals surface area contributed by atoms with Crippen LogP contribution < -0.4 is 0 Å². The number of carbonyl (C=O) groups excluding carboxylic acids is 1. The summed E-state index contributed by atoms with van der Waals surface area (Å²) in [5.74, 6) is 0.111. The summed E-state index contributed by atoms with van der Waals surface area (Å²) in [5.41, 5.74) is 2.66. The Kier molecular flexibility index (Phi) is 4.30. The van der Waals surface area contributed by atoms with Crippen molar-refractivity contribution < 1.29 is 4.79 Å². The summed E-state index contributed by atoms with van der Waals surface area (Å²) < 4.78 is 1.88. The molecule has 1 aromatic carbocycles. The van der Waals surface area contributed by atoms with Crippen molar-refractivity contribution in [2.45, 2.75) is 13.3 Å². The zero-order valence-electron chi connectivity index (χ0n) is 9.78. The van der Waals surface area contributed by atoms with Crippen LogP contribution in [0.3, 0.4) is 0 Å². The molecule has 0 aliphatic heterocycles. The lowest BCUT2D eigenvalue weighted by Crippen LogP contribution is -2.05. The quantitative estimate of drug-likeness (QED) is 0.754. The lowest BCUT2D eigenvalue weighted by molar-refractivity contribution is 0.0992. The van der Waals surface area contributed by atoms with E-state index in [1.165, 1.54) is 0 Å². The van der Waals surface area contributed by atoms with Crippen molar-refractivity contribution in [1.29, 1.82) is 0 Å². The first-order chi connectivity index (χ1) is 8.56. The van der Waals surface area contributed by atoms with Gasteiger partial charge in [0.05, 0.1) is 0 Å². The van der Waals surface area contributed by atoms with Crippen molar-refractivity contribution in [1.82, 2.24) is 4.98 Å². The van der Waals surface area contributed by atoms with Crippen LogP contribution in [0.5, 0.6) is 0 Å². The molecule has 0 N–H and O–H groups in total. The number of Topliss-reactive ketones (excluding diaryl/α,β-unsaturated/α-hetero) is 1. The Hall–Kier alpha value is -1.00. The number of hydrogen-bond donors (Lipinski definition) is 0. The Labute approximate surface area is 123 Å². The van der Waals surface area contributed by atoms with Crippen molar-refractivity contribution in [3.05, 3.63) is 62.3 Å². The standard InChI is InChI=1S/C14H11Br2NO/c1-9-4-11(15)2-3-13(9)14(18)6-10-5-12(16)8-17-7-10/h2-5,7-8H,6H2,1H3. The minimum Gasteiger partial charge on any atom is -0.294 e. The van der Waals surface area contributed by atoms with Crippen LogP contribution in [0.4, 0.5) is 0 Å². The number of aryl methyl sites for hydroxylation is 1. The van der Waals surface area contributed by atoms with Gasteiger partial charge in [-0.15, -0.1) is 0 Å². The number of aromatic nitrogens is 1. The number of pyridine rings is 1. The minimum atomic E-state index is 0.111. The maximum atomic E-state index is 12.2. The second kappa shape index (κ2) is 5.76. The first-order valence-electron chi connectivity index (χ1n) is 5.45. The summed E-state index contributed by atoms with van der Waals surface area (Å²) in [7, 11) is 0. The average molecular weight is 369 g/mol. The van der Waals surface area contributed by atoms with Crippen molar-refractivity contribution >= 4 is 37.6 Å². The van der Waals surface area contributed by atoms with Crippen LogP contribution >= 0.6 is 31.9 Å². The lowest BCUT2D eigenvalue weighted by atomic mass is 10.0. The molecular weight excluding hydrogens is 358 g/mol. The average Bonchev–Trinajstić information content (AvgIpc) is 2.28. The third kappa shape index (κ3) is 3.27. The van der Waals surface area contributed by atoms with Crippen LogP contribution in [0, 0.1) is 6.92 Å². The van der Waals surface area contributed by atoms with Crippen LogP contribution in [0.15, 0.2) is 45.6 Å². The predicted molar refractivity (Wildman–Crippen MR) is 78.9 cm³/mol. The zero-order chi connectivity index (χ0) is 13.1. The first-order valence-corrected chi connectivity index (χ1v) is 7.03. The molecule has 0 bridgehead atoms. The number of hydrogen-bond acceptors (Lipinski definition) is 2. The Bertz CT molecular complexity index is 596. The fourth-order valence-corrected chi connectivity index (χ4v) is 2.66. The maximum absolute atomic E-state index is 12.2. The summed E-state index contributed by atoms with van der Waals surface area (Å²) in [6.07, 6.45) is 3.80. The molecule has 18 heavy (non-hydrogen) atoms. The molecule has 0 saturated heterocycles. The SMILES string of the molecule is Cc1cc(Br)ccc1C(=O)Cc1cncc(Br)c1. The molecule has 2 aromatic rings. The smallest absolute Gasteiger partial charge is 0.167 e. The highest BCUT2D eigenvalue weighted by molar-refractivity contribution is 9.10. The van der Waals surface area contributed by atoms with Gasteiger partial charge in [-0.05, 0) is 52.2 Å². The first kappa shape index (κ1) is 13.4. The molecule has 0 radical (unpaired) electrons. The van der Waals surface area contributed by atoms with Gasteiger partial charge in [0.15, 0.2) is 5.78 Å². The molecule has 2 nitrogen and oxygen atoms in total. The second-order valence-electron chi connectivity index (χ2n) is 4.07. The number of rotatable bonds is 3. The van der Waals surface area contributed by atoms with Gasteiger partial charge in [-0.2, -0.15) is 0 Å². The van der Waals surface area contributed by atoms with E-state index in [4.69, 9.17) is 0 Å². The molecule has 1 heterocycles. The van der Waals surface area contributed by atoms with Crippen molar-refractivity contribution in [2.24, 2.45) is 0 Å². The van der Waals surface area contributed by atoms with Crippen LogP contribution in [0.25, 0.3) is 0 Å². The van der Waals surface area contributed by atoms with Crippen molar-refractivity contribution in [3.63, 3.8) is 0 Å². The van der Waals surface area contributed by atoms with Crippen LogP contribution in [-0.4, -0.2) is 10.8 Å². The Morgan fingerprint density at radius 3 is 2.61 bits per heavy atom. The van der Waals surface area contributed by atoms with Gasteiger partial charge in [0.1, 0.15) is 0 Å². The van der Waals surface area contributed by atoms with E-state index < -0.39 is 0 Å². The van der Waals surface area contributed by atoms with Gasteiger partial charge in [0, 0.05) is 33.3 Å². The Morgan fingerprint density at radius 2 is 1.94 bits per heavy atom. The molecule has 0 amide bonds. The molecule has 0 saturated carbocycles. The van der Waals surface area contributed by atoms with Crippen molar-refractivity contribution in [3.8, 4) is 0 Å². The van der Waals surface area contributed by atoms with Gasteiger partial charge in [-0.3, -0.25) is 9.78 Å². The summed E-state index contributed by atoms with van der Waals surface area (Å²) in [6.45, 7) is 1.94. The number of benzene rings is 1. The fraction of sp³-hybridized carbons (Fsp3) is 0.143. The molecular formula is C14H11Br2NO. The number of ketones is 1. The predicted octanol–water partition coefficient (Wildman–Crippen LogP) is 4.34. The van der Waals surface area contributed by atoms with E-state index in [9.17, 15) is 4.79 Å². The van der Waals surface area contributed by atoms with Gasteiger partial charge in [-0.25, -0.2) is 0 Å². The lowest BCUT2D eigenvalue weighted by Gasteiger charge is -2.05. The third-order valence-corrected chi connectivity index (χ3v) is 3.54. The van der Waals surface area contributed by atoms with Crippen LogP contribution in [0.2, 0.25) is 0 Å². The fourth-order valence-electron chi connectivity index (χ4n) is 1.77. The molecule has 0 fully saturated rings. The normalized spacial score (nSPS) is 10.4. The molecule has 0 atom stereocenters. The summed E-state index contributed by atoms with van der Waals surface area (Å²) in [4.78, 5) is 16.3. The van der Waals surface area contributed by atoms with Gasteiger partial charge in [-0.1, -0.05) is 22.0 Å². The number of nitrogens with zero attached hydrogens (tertiary/aromatic N) is 1. The number of carbonyl (C=O) groups is 1. The molecule has 92 valence electrons. The van der Waals surface area contributed by atoms with E-state index in [1.807, 2.05) is 31.2 Å². The molecule has 2 rings (SSSR count). The van der Waals surface area contributed by atoms with Gasteiger partial charge in [0.25, 0.3) is 0 Å². The van der Waals surface area contributed by atoms with E-state index in [1.54, 1.807) is 12.4 Å². The van der Waals surface area contributed by atoms with Gasteiger partial charge in [0.2, 0.25) is 0 Å². The molecule has 0 unspecified atom stereocenters. The second-order valence-corrected chi connectivity index (χ2v) is 5.90.